The van der Waals surface area contributed by atoms with Gasteiger partial charge in [-0.25, -0.2) is 0 Å². The van der Waals surface area contributed by atoms with Gasteiger partial charge in [0.1, 0.15) is 0 Å². The first kappa shape index (κ1) is 10.6. The minimum atomic E-state index is -4.29. The normalized spacial score (nSPS) is 10.6. The minimum absolute atomic E-state index is 0.467. The molecule has 0 aromatic heterocycles. The quantitative estimate of drug-likeness (QED) is 0.606. The maximum absolute atomic E-state index is 12.2. The molecular weight excluding hydrogens is 189 g/mol. The molecule has 0 nitrogen and oxygen atoms in total. The molecule has 0 aliphatic carbocycles. The van der Waals surface area contributed by atoms with Crippen molar-refractivity contribution in [3.8, 4) is 11.8 Å². The first-order valence-corrected chi connectivity index (χ1v) is 3.97. The van der Waals surface area contributed by atoms with Crippen LogP contribution in [0.3, 0.4) is 0 Å². The Balaban J connectivity index is 2.93. The van der Waals surface area contributed by atoms with Crippen LogP contribution in [-0.4, -0.2) is 0 Å². The summed E-state index contributed by atoms with van der Waals surface area (Å²) >= 11 is 0. The van der Waals surface area contributed by atoms with Crippen molar-refractivity contribution in [3.63, 3.8) is 0 Å². The van der Waals surface area contributed by atoms with E-state index >= 15 is 0 Å². The van der Waals surface area contributed by atoms with Crippen LogP contribution in [0.4, 0.5) is 13.2 Å². The molecule has 0 saturated heterocycles. The van der Waals surface area contributed by atoms with Crippen molar-refractivity contribution in [1.82, 2.24) is 0 Å². The standard InChI is InChI=1S/C11H8F3/c1-2-3-5-9-6-4-7-10(8-9)11(12,13)14/h4-8H,1H3. The molecule has 0 heterocycles. The van der Waals surface area contributed by atoms with Crippen molar-refractivity contribution in [2.24, 2.45) is 0 Å². The molecule has 0 N–H and O–H groups in total. The van der Waals surface area contributed by atoms with E-state index in [9.17, 15) is 13.2 Å². The topological polar surface area (TPSA) is 0 Å². The van der Waals surface area contributed by atoms with E-state index in [4.69, 9.17) is 0 Å². The molecule has 0 atom stereocenters. The predicted octanol–water partition coefficient (Wildman–Crippen LogP) is 3.28. The maximum atomic E-state index is 12.2. The molecule has 3 heteroatoms. The van der Waals surface area contributed by atoms with E-state index in [2.05, 4.69) is 11.8 Å². The highest BCUT2D eigenvalue weighted by Gasteiger charge is 2.30. The molecule has 1 rings (SSSR count). The Bertz CT molecular complexity index is 366. The van der Waals surface area contributed by atoms with Crippen molar-refractivity contribution >= 4 is 0 Å². The molecule has 0 fully saturated rings. The highest BCUT2D eigenvalue weighted by molar-refractivity contribution is 5.36. The van der Waals surface area contributed by atoms with E-state index in [0.29, 0.717) is 5.56 Å². The third-order valence-corrected chi connectivity index (χ3v) is 1.60. The molecule has 0 saturated carbocycles. The summed E-state index contributed by atoms with van der Waals surface area (Å²) in [6.45, 7) is 1.63. The molecule has 0 unspecified atom stereocenters. The number of rotatable bonds is 1. The minimum Gasteiger partial charge on any atom is -0.166 e. The third-order valence-electron chi connectivity index (χ3n) is 1.60. The van der Waals surface area contributed by atoms with Gasteiger partial charge in [-0.3, -0.25) is 0 Å². The molecule has 0 aliphatic rings. The van der Waals surface area contributed by atoms with Crippen molar-refractivity contribution in [2.45, 2.75) is 13.1 Å². The van der Waals surface area contributed by atoms with Crippen LogP contribution in [0.15, 0.2) is 24.3 Å². The zero-order valence-electron chi connectivity index (χ0n) is 7.52. The van der Waals surface area contributed by atoms with Gasteiger partial charge in [0.05, 0.1) is 12.0 Å². The molecule has 0 aliphatic heterocycles. The zero-order valence-corrected chi connectivity index (χ0v) is 7.52. The second-order valence-electron chi connectivity index (χ2n) is 2.66. The fourth-order valence-corrected chi connectivity index (χ4v) is 0.960. The first-order chi connectivity index (χ1) is 6.54. The molecule has 0 bridgehead atoms. The Hall–Kier alpha value is -1.43. The van der Waals surface area contributed by atoms with E-state index in [1.165, 1.54) is 12.5 Å². The summed E-state index contributed by atoms with van der Waals surface area (Å²) in [7, 11) is 0. The van der Waals surface area contributed by atoms with Crippen molar-refractivity contribution in [3.05, 3.63) is 41.8 Å². The van der Waals surface area contributed by atoms with E-state index < -0.39 is 11.7 Å². The summed E-state index contributed by atoms with van der Waals surface area (Å²) in [6.07, 6.45) is -2.83. The zero-order chi connectivity index (χ0) is 10.6. The van der Waals surface area contributed by atoms with Gasteiger partial charge < -0.3 is 0 Å². The lowest BCUT2D eigenvalue weighted by Gasteiger charge is -2.06. The smallest absolute Gasteiger partial charge is 0.166 e. The van der Waals surface area contributed by atoms with Crippen LogP contribution < -0.4 is 0 Å². The van der Waals surface area contributed by atoms with Crippen LogP contribution in [0.5, 0.6) is 0 Å². The largest absolute Gasteiger partial charge is 0.416 e. The summed E-state index contributed by atoms with van der Waals surface area (Å²) in [5, 5.41) is 0. The molecule has 1 aromatic rings. The van der Waals surface area contributed by atoms with Crippen LogP contribution in [-0.2, 0) is 6.18 Å². The molecule has 73 valence electrons. The Morgan fingerprint density at radius 1 is 1.29 bits per heavy atom. The van der Waals surface area contributed by atoms with Crippen LogP contribution in [0.25, 0.3) is 0 Å². The Morgan fingerprint density at radius 3 is 2.57 bits per heavy atom. The van der Waals surface area contributed by atoms with E-state index in [1.807, 2.05) is 0 Å². The number of alkyl halides is 3. The molecule has 0 amide bonds. The lowest BCUT2D eigenvalue weighted by atomic mass is 10.1. The fraction of sp³-hybridized carbons (Fsp3) is 0.182. The Labute approximate surface area is 80.8 Å². The molecule has 0 spiro atoms. The van der Waals surface area contributed by atoms with Crippen molar-refractivity contribution in [1.29, 1.82) is 0 Å². The summed E-state index contributed by atoms with van der Waals surface area (Å²) in [5.41, 5.74) is -0.182. The van der Waals surface area contributed by atoms with E-state index in [1.54, 1.807) is 13.0 Å². The van der Waals surface area contributed by atoms with Gasteiger partial charge in [-0.15, -0.1) is 5.92 Å². The highest BCUT2D eigenvalue weighted by Crippen LogP contribution is 2.29. The number of halogens is 3. The number of benzene rings is 1. The van der Waals surface area contributed by atoms with Crippen LogP contribution in [0.1, 0.15) is 18.1 Å². The van der Waals surface area contributed by atoms with Gasteiger partial charge in [-0.2, -0.15) is 13.2 Å². The molecule has 1 radical (unpaired) electrons. The number of hydrogen-bond acceptors (Lipinski definition) is 0. The summed E-state index contributed by atoms with van der Waals surface area (Å²) in [5.74, 6) is 5.19. The van der Waals surface area contributed by atoms with Crippen molar-refractivity contribution < 1.29 is 13.2 Å². The lowest BCUT2D eigenvalue weighted by molar-refractivity contribution is -0.137. The SMILES string of the molecule is CC#C[CH]c1cccc(C(F)(F)F)c1. The molecule has 1 aromatic carbocycles. The fourth-order valence-electron chi connectivity index (χ4n) is 0.960. The number of hydrogen-bond donors (Lipinski definition) is 0. The van der Waals surface area contributed by atoms with Crippen LogP contribution in [0.2, 0.25) is 0 Å². The second-order valence-corrected chi connectivity index (χ2v) is 2.66. The second kappa shape index (κ2) is 4.19. The lowest BCUT2D eigenvalue weighted by Crippen LogP contribution is -2.04. The van der Waals surface area contributed by atoms with Gasteiger partial charge in [-0.1, -0.05) is 24.1 Å². The Morgan fingerprint density at radius 2 is 2.00 bits per heavy atom. The van der Waals surface area contributed by atoms with Crippen LogP contribution >= 0.6 is 0 Å². The third kappa shape index (κ3) is 2.81. The Kier molecular flexibility index (Phi) is 3.19. The van der Waals surface area contributed by atoms with Crippen molar-refractivity contribution in [2.75, 3.05) is 0 Å². The average Bonchev–Trinajstić information content (AvgIpc) is 2.14. The average molecular weight is 197 g/mol. The highest BCUT2D eigenvalue weighted by atomic mass is 19.4. The monoisotopic (exact) mass is 197 g/mol. The maximum Gasteiger partial charge on any atom is 0.416 e. The summed E-state index contributed by atoms with van der Waals surface area (Å²) in [6, 6.07) is 5.06. The van der Waals surface area contributed by atoms with Gasteiger partial charge in [0, 0.05) is 0 Å². The van der Waals surface area contributed by atoms with Gasteiger partial charge >= 0.3 is 6.18 Å². The first-order valence-electron chi connectivity index (χ1n) is 3.97. The van der Waals surface area contributed by atoms with Gasteiger partial charge in [0.15, 0.2) is 0 Å². The summed E-state index contributed by atoms with van der Waals surface area (Å²) in [4.78, 5) is 0. The van der Waals surface area contributed by atoms with E-state index in [-0.39, 0.29) is 0 Å². The van der Waals surface area contributed by atoms with E-state index in [0.717, 1.165) is 12.1 Å². The molecule has 14 heavy (non-hydrogen) atoms. The van der Waals surface area contributed by atoms with Gasteiger partial charge in [0.2, 0.25) is 0 Å². The predicted molar refractivity (Wildman–Crippen MR) is 48.3 cm³/mol. The van der Waals surface area contributed by atoms with Crippen LogP contribution in [0, 0.1) is 18.3 Å². The summed E-state index contributed by atoms with van der Waals surface area (Å²) < 4.78 is 36.7. The van der Waals surface area contributed by atoms with Gasteiger partial charge in [0.25, 0.3) is 0 Å². The molecular formula is C11H8F3. The van der Waals surface area contributed by atoms with Gasteiger partial charge in [-0.05, 0) is 18.6 Å².